The zero-order valence-electron chi connectivity index (χ0n) is 11.4. The van der Waals surface area contributed by atoms with E-state index in [0.29, 0.717) is 25.2 Å². The number of aromatic nitrogens is 2. The highest BCUT2D eigenvalue weighted by Crippen LogP contribution is 2.19. The molecular formula is C16H18N2O2. The summed E-state index contributed by atoms with van der Waals surface area (Å²) in [5, 5.41) is 4.34. The molecule has 0 aliphatic heterocycles. The Morgan fingerprint density at radius 1 is 1.20 bits per heavy atom. The quantitative estimate of drug-likeness (QED) is 0.858. The number of hydrogen-bond acceptors (Lipinski definition) is 3. The zero-order valence-corrected chi connectivity index (χ0v) is 11.4. The number of Topliss-reactive ketones (excluding diaryl/α,β-unsaturated/α-hetero) is 1. The molecule has 1 aliphatic rings. The smallest absolute Gasteiger partial charge is 0.133 e. The second kappa shape index (κ2) is 6.01. The summed E-state index contributed by atoms with van der Waals surface area (Å²) < 4.78 is 7.71. The van der Waals surface area contributed by atoms with Crippen LogP contribution in [0.1, 0.15) is 31.2 Å². The summed E-state index contributed by atoms with van der Waals surface area (Å²) >= 11 is 0. The minimum atomic E-state index is 0.216. The molecule has 0 radical (unpaired) electrons. The lowest BCUT2D eigenvalue weighted by molar-refractivity contribution is -0.123. The first-order chi connectivity index (χ1) is 9.81. The maximum absolute atomic E-state index is 11.2. The highest BCUT2D eigenvalue weighted by atomic mass is 16.5. The lowest BCUT2D eigenvalue weighted by Gasteiger charge is -2.20. The summed E-state index contributed by atoms with van der Waals surface area (Å²) in [4.78, 5) is 11.2. The van der Waals surface area contributed by atoms with Crippen LogP contribution >= 0.6 is 0 Å². The summed E-state index contributed by atoms with van der Waals surface area (Å²) in [6.45, 7) is 0.561. The van der Waals surface area contributed by atoms with Gasteiger partial charge in [-0.25, -0.2) is 4.68 Å². The van der Waals surface area contributed by atoms with Gasteiger partial charge in [-0.3, -0.25) is 4.79 Å². The molecule has 1 heterocycles. The lowest BCUT2D eigenvalue weighted by Crippen LogP contribution is -2.21. The third-order valence-electron chi connectivity index (χ3n) is 3.63. The van der Waals surface area contributed by atoms with E-state index in [4.69, 9.17) is 4.74 Å². The Labute approximate surface area is 118 Å². The van der Waals surface area contributed by atoms with Crippen LogP contribution in [0.25, 0.3) is 5.69 Å². The second-order valence-electron chi connectivity index (χ2n) is 5.18. The van der Waals surface area contributed by atoms with Crippen molar-refractivity contribution >= 4 is 5.78 Å². The largest absolute Gasteiger partial charge is 0.373 e. The molecule has 4 heteroatoms. The normalized spacial score (nSPS) is 16.5. The number of benzene rings is 1. The fourth-order valence-corrected chi connectivity index (χ4v) is 2.45. The van der Waals surface area contributed by atoms with Crippen molar-refractivity contribution in [3.8, 4) is 5.69 Å². The van der Waals surface area contributed by atoms with Gasteiger partial charge >= 0.3 is 0 Å². The van der Waals surface area contributed by atoms with Gasteiger partial charge in [-0.05, 0) is 25.0 Å². The molecule has 0 N–H and O–H groups in total. The van der Waals surface area contributed by atoms with Crippen LogP contribution in [0.4, 0.5) is 0 Å². The monoisotopic (exact) mass is 270 g/mol. The van der Waals surface area contributed by atoms with E-state index < -0.39 is 0 Å². The Bertz CT molecular complexity index is 567. The number of nitrogens with zero attached hydrogens (tertiary/aromatic N) is 2. The summed E-state index contributed by atoms with van der Waals surface area (Å²) in [5.74, 6) is 0.363. The standard InChI is InChI=1S/C16H18N2O2/c19-15-6-8-16(9-7-15)20-12-13-10-17-18(11-13)14-4-2-1-3-5-14/h1-5,10-11,16H,6-9,12H2. The molecule has 0 saturated heterocycles. The van der Waals surface area contributed by atoms with Crippen LogP contribution in [-0.2, 0) is 16.1 Å². The highest BCUT2D eigenvalue weighted by molar-refractivity contribution is 5.79. The first-order valence-electron chi connectivity index (χ1n) is 7.03. The molecule has 0 bridgehead atoms. The van der Waals surface area contributed by atoms with E-state index in [2.05, 4.69) is 5.10 Å². The Morgan fingerprint density at radius 2 is 1.95 bits per heavy atom. The molecule has 2 aromatic rings. The molecule has 0 spiro atoms. The van der Waals surface area contributed by atoms with E-state index in [1.54, 1.807) is 0 Å². The van der Waals surface area contributed by atoms with E-state index in [1.165, 1.54) is 0 Å². The molecule has 0 amide bonds. The molecule has 1 aliphatic carbocycles. The number of carbonyl (C=O) groups is 1. The molecule has 20 heavy (non-hydrogen) atoms. The van der Waals surface area contributed by atoms with Gasteiger partial charge < -0.3 is 4.74 Å². The number of carbonyl (C=O) groups excluding carboxylic acids is 1. The van der Waals surface area contributed by atoms with E-state index >= 15 is 0 Å². The number of ether oxygens (including phenoxy) is 1. The molecule has 4 nitrogen and oxygen atoms in total. The fourth-order valence-electron chi connectivity index (χ4n) is 2.45. The average Bonchev–Trinajstić information content (AvgIpc) is 2.97. The van der Waals surface area contributed by atoms with Crippen molar-refractivity contribution in [1.82, 2.24) is 9.78 Å². The minimum absolute atomic E-state index is 0.216. The van der Waals surface area contributed by atoms with Crippen molar-refractivity contribution in [3.63, 3.8) is 0 Å². The van der Waals surface area contributed by atoms with Crippen molar-refractivity contribution in [2.24, 2.45) is 0 Å². The van der Waals surface area contributed by atoms with E-state index in [1.807, 2.05) is 47.4 Å². The van der Waals surface area contributed by atoms with E-state index in [0.717, 1.165) is 24.1 Å². The molecule has 1 saturated carbocycles. The van der Waals surface area contributed by atoms with Crippen molar-refractivity contribution in [3.05, 3.63) is 48.3 Å². The van der Waals surface area contributed by atoms with Gasteiger partial charge in [0, 0.05) is 24.6 Å². The molecule has 1 fully saturated rings. The summed E-state index contributed by atoms with van der Waals surface area (Å²) in [6, 6.07) is 10.0. The lowest BCUT2D eigenvalue weighted by atomic mass is 9.96. The van der Waals surface area contributed by atoms with Crippen LogP contribution in [-0.4, -0.2) is 21.7 Å². The van der Waals surface area contributed by atoms with Crippen molar-refractivity contribution in [2.45, 2.75) is 38.4 Å². The zero-order chi connectivity index (χ0) is 13.8. The van der Waals surface area contributed by atoms with Gasteiger partial charge in [0.25, 0.3) is 0 Å². The second-order valence-corrected chi connectivity index (χ2v) is 5.18. The van der Waals surface area contributed by atoms with Crippen molar-refractivity contribution in [1.29, 1.82) is 0 Å². The SMILES string of the molecule is O=C1CCC(OCc2cnn(-c3ccccc3)c2)CC1. The maximum Gasteiger partial charge on any atom is 0.133 e. The Kier molecular flexibility index (Phi) is 3.92. The van der Waals surface area contributed by atoms with Crippen LogP contribution in [0.2, 0.25) is 0 Å². The Morgan fingerprint density at radius 3 is 2.70 bits per heavy atom. The molecule has 3 rings (SSSR count). The molecule has 0 atom stereocenters. The third-order valence-corrected chi connectivity index (χ3v) is 3.63. The number of rotatable bonds is 4. The van der Waals surface area contributed by atoms with Gasteiger partial charge in [-0.1, -0.05) is 18.2 Å². The van der Waals surface area contributed by atoms with Gasteiger partial charge in [0.2, 0.25) is 0 Å². The Hall–Kier alpha value is -1.94. The van der Waals surface area contributed by atoms with Gasteiger partial charge in [-0.15, -0.1) is 0 Å². The Balaban J connectivity index is 1.57. The predicted octanol–water partition coefficient (Wildman–Crippen LogP) is 2.90. The predicted molar refractivity (Wildman–Crippen MR) is 75.6 cm³/mol. The van der Waals surface area contributed by atoms with E-state index in [9.17, 15) is 4.79 Å². The van der Waals surface area contributed by atoms with Crippen molar-refractivity contribution in [2.75, 3.05) is 0 Å². The molecule has 1 aromatic heterocycles. The van der Waals surface area contributed by atoms with Gasteiger partial charge in [0.1, 0.15) is 5.78 Å². The van der Waals surface area contributed by atoms with Crippen LogP contribution < -0.4 is 0 Å². The van der Waals surface area contributed by atoms with Crippen LogP contribution in [0.5, 0.6) is 0 Å². The number of para-hydroxylation sites is 1. The van der Waals surface area contributed by atoms with Gasteiger partial charge in [0.15, 0.2) is 0 Å². The first kappa shape index (κ1) is 13.1. The molecule has 0 unspecified atom stereocenters. The molecule has 1 aromatic carbocycles. The minimum Gasteiger partial charge on any atom is -0.373 e. The summed E-state index contributed by atoms with van der Waals surface area (Å²) in [5.41, 5.74) is 2.10. The van der Waals surface area contributed by atoms with Crippen LogP contribution in [0, 0.1) is 0 Å². The number of ketones is 1. The first-order valence-corrected chi connectivity index (χ1v) is 7.03. The van der Waals surface area contributed by atoms with Crippen LogP contribution in [0.15, 0.2) is 42.7 Å². The summed E-state index contributed by atoms with van der Waals surface area (Å²) in [7, 11) is 0. The van der Waals surface area contributed by atoms with E-state index in [-0.39, 0.29) is 6.10 Å². The van der Waals surface area contributed by atoms with Gasteiger partial charge in [0.05, 0.1) is 24.6 Å². The third kappa shape index (κ3) is 3.14. The summed E-state index contributed by atoms with van der Waals surface area (Å²) in [6.07, 6.45) is 7.07. The van der Waals surface area contributed by atoms with Crippen molar-refractivity contribution < 1.29 is 9.53 Å². The number of hydrogen-bond donors (Lipinski definition) is 0. The maximum atomic E-state index is 11.2. The average molecular weight is 270 g/mol. The molecular weight excluding hydrogens is 252 g/mol. The van der Waals surface area contributed by atoms with Crippen LogP contribution in [0.3, 0.4) is 0 Å². The molecule has 104 valence electrons. The topological polar surface area (TPSA) is 44.1 Å². The highest BCUT2D eigenvalue weighted by Gasteiger charge is 2.19. The van der Waals surface area contributed by atoms with Gasteiger partial charge in [-0.2, -0.15) is 5.10 Å². The fraction of sp³-hybridized carbons (Fsp3) is 0.375.